The van der Waals surface area contributed by atoms with Crippen molar-refractivity contribution in [2.24, 2.45) is 5.92 Å². The molecule has 0 aromatic carbocycles. The highest BCUT2D eigenvalue weighted by molar-refractivity contribution is 5.89. The van der Waals surface area contributed by atoms with Crippen molar-refractivity contribution in [3.63, 3.8) is 0 Å². The average Bonchev–Trinajstić information content (AvgIpc) is 2.99. The van der Waals surface area contributed by atoms with E-state index in [0.717, 1.165) is 12.8 Å². The molecular weight excluding hydrogens is 306 g/mol. The molecular formula is C15H26ClN3O3. The van der Waals surface area contributed by atoms with Crippen LogP contribution in [0.3, 0.4) is 0 Å². The summed E-state index contributed by atoms with van der Waals surface area (Å²) in [6, 6.07) is 1.41. The van der Waals surface area contributed by atoms with Gasteiger partial charge in [-0.25, -0.2) is 0 Å². The minimum Gasteiger partial charge on any atom is -0.383 e. The van der Waals surface area contributed by atoms with Crippen molar-refractivity contribution in [3.8, 4) is 0 Å². The van der Waals surface area contributed by atoms with Crippen LogP contribution in [0.25, 0.3) is 0 Å². The van der Waals surface area contributed by atoms with Crippen molar-refractivity contribution in [2.45, 2.75) is 50.2 Å². The molecule has 0 saturated carbocycles. The lowest BCUT2D eigenvalue weighted by Crippen LogP contribution is -2.49. The van der Waals surface area contributed by atoms with Gasteiger partial charge in [-0.2, -0.15) is 0 Å². The smallest absolute Gasteiger partial charge is 0.225 e. The van der Waals surface area contributed by atoms with Crippen molar-refractivity contribution in [1.29, 1.82) is 0 Å². The molecule has 2 N–H and O–H groups in total. The summed E-state index contributed by atoms with van der Waals surface area (Å²) >= 11 is 0. The van der Waals surface area contributed by atoms with Gasteiger partial charge in [-0.15, -0.1) is 12.4 Å². The molecule has 3 aliphatic rings. The molecule has 3 fully saturated rings. The van der Waals surface area contributed by atoms with E-state index in [1.54, 1.807) is 12.0 Å². The number of ether oxygens (including phenoxy) is 1. The summed E-state index contributed by atoms with van der Waals surface area (Å²) in [7, 11) is 1.62. The predicted molar refractivity (Wildman–Crippen MR) is 84.9 cm³/mol. The summed E-state index contributed by atoms with van der Waals surface area (Å²) in [6.45, 7) is 1.64. The van der Waals surface area contributed by atoms with E-state index in [0.29, 0.717) is 38.2 Å². The lowest BCUT2D eigenvalue weighted by molar-refractivity contribution is -0.129. The molecule has 126 valence electrons. The number of fused-ring (bicyclic) bond motifs is 2. The van der Waals surface area contributed by atoms with Gasteiger partial charge in [-0.1, -0.05) is 0 Å². The number of nitrogens with zero attached hydrogens (tertiary/aromatic N) is 1. The SMILES string of the molecule is COCCN1CC(C(=O)NC2CC3CCC(C2)N3)CC1=O.Cl. The van der Waals surface area contributed by atoms with Crippen LogP contribution in [0.15, 0.2) is 0 Å². The van der Waals surface area contributed by atoms with Gasteiger partial charge in [0.1, 0.15) is 0 Å². The molecule has 3 unspecified atom stereocenters. The Kier molecular flexibility index (Phi) is 6.06. The van der Waals surface area contributed by atoms with Crippen LogP contribution in [0.4, 0.5) is 0 Å². The maximum atomic E-state index is 12.4. The third kappa shape index (κ3) is 3.91. The number of halogens is 1. The normalized spacial score (nSPS) is 33.7. The third-order valence-corrected chi connectivity index (χ3v) is 4.97. The molecule has 2 bridgehead atoms. The molecule has 6 nitrogen and oxygen atoms in total. The third-order valence-electron chi connectivity index (χ3n) is 4.97. The average molecular weight is 332 g/mol. The Morgan fingerprint density at radius 3 is 2.68 bits per heavy atom. The van der Waals surface area contributed by atoms with Crippen LogP contribution in [0.1, 0.15) is 32.1 Å². The second-order valence-electron chi connectivity index (χ2n) is 6.55. The highest BCUT2D eigenvalue weighted by Gasteiger charge is 2.38. The van der Waals surface area contributed by atoms with E-state index in [1.807, 2.05) is 0 Å². The maximum absolute atomic E-state index is 12.4. The zero-order chi connectivity index (χ0) is 14.8. The van der Waals surface area contributed by atoms with Crippen LogP contribution in [-0.4, -0.2) is 61.6 Å². The summed E-state index contributed by atoms with van der Waals surface area (Å²) in [4.78, 5) is 26.0. The Bertz CT molecular complexity index is 409. The van der Waals surface area contributed by atoms with Crippen LogP contribution in [0.5, 0.6) is 0 Å². The van der Waals surface area contributed by atoms with Gasteiger partial charge in [-0.3, -0.25) is 9.59 Å². The van der Waals surface area contributed by atoms with Gasteiger partial charge in [0.05, 0.1) is 12.5 Å². The first-order chi connectivity index (χ1) is 10.2. The number of likely N-dealkylation sites (tertiary alicyclic amines) is 1. The Balaban J connectivity index is 0.00000176. The van der Waals surface area contributed by atoms with Crippen LogP contribution in [0, 0.1) is 5.92 Å². The van der Waals surface area contributed by atoms with Crippen molar-refractivity contribution in [3.05, 3.63) is 0 Å². The Hall–Kier alpha value is -0.850. The molecule has 0 radical (unpaired) electrons. The van der Waals surface area contributed by atoms with Gasteiger partial charge < -0.3 is 20.3 Å². The van der Waals surface area contributed by atoms with Crippen molar-refractivity contribution in [2.75, 3.05) is 26.8 Å². The first kappa shape index (κ1) is 17.5. The molecule has 2 amide bonds. The van der Waals surface area contributed by atoms with Gasteiger partial charge in [0.2, 0.25) is 11.8 Å². The molecule has 0 aromatic heterocycles. The molecule has 3 aliphatic heterocycles. The molecule has 0 aromatic rings. The minimum atomic E-state index is -0.193. The molecule has 3 rings (SSSR count). The number of hydrogen-bond acceptors (Lipinski definition) is 4. The highest BCUT2D eigenvalue weighted by Crippen LogP contribution is 2.27. The standard InChI is InChI=1S/C15H25N3O3.ClH/c1-21-5-4-18-9-10(6-14(18)19)15(20)17-13-7-11-2-3-12(8-13)16-11;/h10-13,16H,2-9H2,1H3,(H,17,20);1H. The van der Waals surface area contributed by atoms with Crippen LogP contribution in [0.2, 0.25) is 0 Å². The van der Waals surface area contributed by atoms with E-state index < -0.39 is 0 Å². The Morgan fingerprint density at radius 1 is 1.36 bits per heavy atom. The highest BCUT2D eigenvalue weighted by atomic mass is 35.5. The first-order valence-corrected chi connectivity index (χ1v) is 7.99. The summed E-state index contributed by atoms with van der Waals surface area (Å²) in [5, 5.41) is 6.74. The van der Waals surface area contributed by atoms with Gasteiger partial charge in [0, 0.05) is 44.7 Å². The second-order valence-corrected chi connectivity index (χ2v) is 6.55. The van der Waals surface area contributed by atoms with Gasteiger partial charge in [0.25, 0.3) is 0 Å². The molecule has 3 atom stereocenters. The molecule has 0 aliphatic carbocycles. The molecule has 3 saturated heterocycles. The number of amides is 2. The van der Waals surface area contributed by atoms with E-state index in [4.69, 9.17) is 4.74 Å². The topological polar surface area (TPSA) is 70.7 Å². The summed E-state index contributed by atoms with van der Waals surface area (Å²) in [5.74, 6) is -0.0750. The van der Waals surface area contributed by atoms with Crippen molar-refractivity contribution < 1.29 is 14.3 Å². The fourth-order valence-corrected chi connectivity index (χ4v) is 3.86. The fraction of sp³-hybridized carbons (Fsp3) is 0.867. The van der Waals surface area contributed by atoms with Crippen LogP contribution >= 0.6 is 12.4 Å². The number of carbonyl (C=O) groups excluding carboxylic acids is 2. The van der Waals surface area contributed by atoms with Crippen LogP contribution in [-0.2, 0) is 14.3 Å². The molecule has 22 heavy (non-hydrogen) atoms. The van der Waals surface area contributed by atoms with Crippen molar-refractivity contribution in [1.82, 2.24) is 15.5 Å². The number of hydrogen-bond donors (Lipinski definition) is 2. The van der Waals surface area contributed by atoms with E-state index in [2.05, 4.69) is 10.6 Å². The second kappa shape index (κ2) is 7.62. The quantitative estimate of drug-likeness (QED) is 0.760. The van der Waals surface area contributed by atoms with E-state index in [9.17, 15) is 9.59 Å². The van der Waals surface area contributed by atoms with E-state index >= 15 is 0 Å². The zero-order valence-electron chi connectivity index (χ0n) is 13.0. The first-order valence-electron chi connectivity index (χ1n) is 7.99. The maximum Gasteiger partial charge on any atom is 0.225 e. The van der Waals surface area contributed by atoms with Gasteiger partial charge in [-0.05, 0) is 25.7 Å². The molecule has 3 heterocycles. The van der Waals surface area contributed by atoms with E-state index in [1.165, 1.54) is 12.8 Å². The molecule has 7 heteroatoms. The minimum absolute atomic E-state index is 0. The number of nitrogens with one attached hydrogen (secondary N) is 2. The Labute approximate surface area is 137 Å². The fourth-order valence-electron chi connectivity index (χ4n) is 3.86. The number of piperidine rings is 1. The number of methoxy groups -OCH3 is 1. The van der Waals surface area contributed by atoms with Crippen molar-refractivity contribution >= 4 is 24.2 Å². The van der Waals surface area contributed by atoms with Gasteiger partial charge >= 0.3 is 0 Å². The zero-order valence-corrected chi connectivity index (χ0v) is 13.9. The monoisotopic (exact) mass is 331 g/mol. The summed E-state index contributed by atoms with van der Waals surface area (Å²) in [6.07, 6.45) is 4.84. The van der Waals surface area contributed by atoms with Gasteiger partial charge in [0.15, 0.2) is 0 Å². The Morgan fingerprint density at radius 2 is 2.05 bits per heavy atom. The molecule has 0 spiro atoms. The number of carbonyl (C=O) groups is 2. The summed E-state index contributed by atoms with van der Waals surface area (Å²) in [5.41, 5.74) is 0. The van der Waals surface area contributed by atoms with Crippen LogP contribution < -0.4 is 10.6 Å². The van der Waals surface area contributed by atoms with E-state index in [-0.39, 0.29) is 36.2 Å². The summed E-state index contributed by atoms with van der Waals surface area (Å²) < 4.78 is 5.00. The lowest BCUT2D eigenvalue weighted by Gasteiger charge is -2.30. The predicted octanol–water partition coefficient (Wildman–Crippen LogP) is 0.302. The number of rotatable bonds is 5. The lowest BCUT2D eigenvalue weighted by atomic mass is 9.98. The largest absolute Gasteiger partial charge is 0.383 e.